The molecule has 1 aromatic carbocycles. The highest BCUT2D eigenvalue weighted by molar-refractivity contribution is 5.84. The number of carbonyl (C=O) groups is 1. The van der Waals surface area contributed by atoms with Crippen LogP contribution in [0.25, 0.3) is 6.08 Å². The standard InChI is InChI=1S/C14H14O2/c1-2-16-13(15)14(10-11-14)9-8-12-6-4-3-5-7-12/h2-9H,1,10-11H2. The first-order valence-corrected chi connectivity index (χ1v) is 5.33. The van der Waals surface area contributed by atoms with Crippen molar-refractivity contribution in [2.75, 3.05) is 0 Å². The predicted octanol–water partition coefficient (Wildman–Crippen LogP) is 3.17. The molecule has 0 N–H and O–H groups in total. The lowest BCUT2D eigenvalue weighted by molar-refractivity contribution is -0.142. The fourth-order valence-corrected chi connectivity index (χ4v) is 1.59. The quantitative estimate of drug-likeness (QED) is 0.568. The van der Waals surface area contributed by atoms with Crippen LogP contribution in [0.5, 0.6) is 0 Å². The van der Waals surface area contributed by atoms with E-state index in [1.54, 1.807) is 0 Å². The second-order valence-corrected chi connectivity index (χ2v) is 3.97. The van der Waals surface area contributed by atoms with Crippen LogP contribution in [-0.2, 0) is 9.53 Å². The van der Waals surface area contributed by atoms with E-state index in [4.69, 9.17) is 4.74 Å². The van der Waals surface area contributed by atoms with Crippen LogP contribution in [0, 0.1) is 5.41 Å². The Labute approximate surface area is 95.2 Å². The number of hydrogen-bond acceptors (Lipinski definition) is 2. The number of esters is 1. The fourth-order valence-electron chi connectivity index (χ4n) is 1.59. The maximum Gasteiger partial charge on any atom is 0.320 e. The van der Waals surface area contributed by atoms with Crippen LogP contribution in [-0.4, -0.2) is 5.97 Å². The van der Waals surface area contributed by atoms with E-state index in [1.165, 1.54) is 6.26 Å². The first kappa shape index (κ1) is 10.7. The van der Waals surface area contributed by atoms with Crippen LogP contribution < -0.4 is 0 Å². The summed E-state index contributed by atoms with van der Waals surface area (Å²) in [7, 11) is 0. The van der Waals surface area contributed by atoms with Gasteiger partial charge in [0.05, 0.1) is 11.7 Å². The van der Waals surface area contributed by atoms with E-state index < -0.39 is 5.41 Å². The number of benzene rings is 1. The lowest BCUT2D eigenvalue weighted by Crippen LogP contribution is -2.13. The van der Waals surface area contributed by atoms with Crippen molar-refractivity contribution >= 4 is 12.0 Å². The molecular weight excluding hydrogens is 200 g/mol. The van der Waals surface area contributed by atoms with Crippen LogP contribution in [0.15, 0.2) is 49.2 Å². The summed E-state index contributed by atoms with van der Waals surface area (Å²) >= 11 is 0. The summed E-state index contributed by atoms with van der Waals surface area (Å²) < 4.78 is 4.83. The molecule has 1 aromatic rings. The van der Waals surface area contributed by atoms with E-state index in [9.17, 15) is 4.79 Å². The molecule has 1 saturated carbocycles. The van der Waals surface area contributed by atoms with Gasteiger partial charge in [0.25, 0.3) is 0 Å². The van der Waals surface area contributed by atoms with Crippen molar-refractivity contribution in [1.29, 1.82) is 0 Å². The highest BCUT2D eigenvalue weighted by atomic mass is 16.5. The maximum atomic E-state index is 11.6. The number of carbonyl (C=O) groups excluding carboxylic acids is 1. The zero-order valence-electron chi connectivity index (χ0n) is 9.06. The third kappa shape index (κ3) is 2.22. The van der Waals surface area contributed by atoms with Gasteiger partial charge in [-0.2, -0.15) is 0 Å². The van der Waals surface area contributed by atoms with Gasteiger partial charge in [-0.3, -0.25) is 4.79 Å². The Balaban J connectivity index is 2.07. The molecule has 0 atom stereocenters. The SMILES string of the molecule is C=COC(=O)C1(C=Cc2ccccc2)CC1. The summed E-state index contributed by atoms with van der Waals surface area (Å²) in [5.74, 6) is -0.199. The summed E-state index contributed by atoms with van der Waals surface area (Å²) in [5.41, 5.74) is 0.699. The third-order valence-electron chi connectivity index (χ3n) is 2.78. The zero-order chi connectivity index (χ0) is 11.4. The summed E-state index contributed by atoms with van der Waals surface area (Å²) in [6.45, 7) is 3.39. The fraction of sp³-hybridized carbons (Fsp3) is 0.214. The summed E-state index contributed by atoms with van der Waals surface area (Å²) in [6, 6.07) is 9.93. The van der Waals surface area contributed by atoms with Gasteiger partial charge in [-0.05, 0) is 18.4 Å². The molecule has 2 rings (SSSR count). The normalized spacial score (nSPS) is 17.0. The van der Waals surface area contributed by atoms with E-state index >= 15 is 0 Å². The molecule has 0 saturated heterocycles. The summed E-state index contributed by atoms with van der Waals surface area (Å²) in [6.07, 6.45) is 6.83. The second-order valence-electron chi connectivity index (χ2n) is 3.97. The molecule has 2 nitrogen and oxygen atoms in total. The van der Waals surface area contributed by atoms with E-state index in [-0.39, 0.29) is 5.97 Å². The van der Waals surface area contributed by atoms with Crippen molar-refractivity contribution in [3.63, 3.8) is 0 Å². The van der Waals surface area contributed by atoms with Crippen LogP contribution in [0.2, 0.25) is 0 Å². The zero-order valence-corrected chi connectivity index (χ0v) is 9.06. The molecule has 0 radical (unpaired) electrons. The molecule has 1 aliphatic carbocycles. The van der Waals surface area contributed by atoms with Crippen molar-refractivity contribution < 1.29 is 9.53 Å². The second kappa shape index (κ2) is 4.35. The Morgan fingerprint density at radius 3 is 2.56 bits per heavy atom. The van der Waals surface area contributed by atoms with Crippen molar-refractivity contribution in [2.24, 2.45) is 5.41 Å². The Morgan fingerprint density at radius 1 is 1.31 bits per heavy atom. The first-order valence-electron chi connectivity index (χ1n) is 5.33. The lowest BCUT2D eigenvalue weighted by atomic mass is 10.1. The molecule has 1 aliphatic rings. The monoisotopic (exact) mass is 214 g/mol. The number of hydrogen-bond donors (Lipinski definition) is 0. The minimum Gasteiger partial charge on any atom is -0.434 e. The Bertz CT molecular complexity index is 414. The van der Waals surface area contributed by atoms with Gasteiger partial charge >= 0.3 is 5.97 Å². The van der Waals surface area contributed by atoms with Gasteiger partial charge in [0.15, 0.2) is 0 Å². The van der Waals surface area contributed by atoms with E-state index in [0.717, 1.165) is 18.4 Å². The smallest absolute Gasteiger partial charge is 0.320 e. The molecule has 0 amide bonds. The molecular formula is C14H14O2. The highest BCUT2D eigenvalue weighted by Gasteiger charge is 2.48. The molecule has 16 heavy (non-hydrogen) atoms. The largest absolute Gasteiger partial charge is 0.434 e. The van der Waals surface area contributed by atoms with Gasteiger partial charge in [0.2, 0.25) is 0 Å². The Kier molecular flexibility index (Phi) is 2.91. The average molecular weight is 214 g/mol. The summed E-state index contributed by atoms with van der Waals surface area (Å²) in [4.78, 5) is 11.6. The molecule has 0 spiro atoms. The first-order chi connectivity index (χ1) is 7.77. The Hall–Kier alpha value is -1.83. The molecule has 82 valence electrons. The van der Waals surface area contributed by atoms with Gasteiger partial charge < -0.3 is 4.74 Å². The number of rotatable bonds is 4. The van der Waals surface area contributed by atoms with Crippen molar-refractivity contribution in [1.82, 2.24) is 0 Å². The maximum absolute atomic E-state index is 11.6. The third-order valence-corrected chi connectivity index (χ3v) is 2.78. The van der Waals surface area contributed by atoms with Crippen LogP contribution >= 0.6 is 0 Å². The van der Waals surface area contributed by atoms with Gasteiger partial charge in [-0.1, -0.05) is 49.1 Å². The average Bonchev–Trinajstić information content (AvgIpc) is 3.09. The minimum absolute atomic E-state index is 0.199. The molecule has 0 bridgehead atoms. The van der Waals surface area contributed by atoms with Crippen LogP contribution in [0.1, 0.15) is 18.4 Å². The van der Waals surface area contributed by atoms with Crippen molar-refractivity contribution in [3.8, 4) is 0 Å². The van der Waals surface area contributed by atoms with Crippen molar-refractivity contribution in [3.05, 3.63) is 54.8 Å². The van der Waals surface area contributed by atoms with Gasteiger partial charge in [0, 0.05) is 0 Å². The molecule has 0 aliphatic heterocycles. The van der Waals surface area contributed by atoms with E-state index in [1.807, 2.05) is 42.5 Å². The summed E-state index contributed by atoms with van der Waals surface area (Å²) in [5, 5.41) is 0. The molecule has 2 heteroatoms. The Morgan fingerprint density at radius 2 is 2.00 bits per heavy atom. The topological polar surface area (TPSA) is 26.3 Å². The van der Waals surface area contributed by atoms with E-state index in [0.29, 0.717) is 0 Å². The lowest BCUT2D eigenvalue weighted by Gasteiger charge is -2.06. The molecule has 0 heterocycles. The van der Waals surface area contributed by atoms with Crippen LogP contribution in [0.4, 0.5) is 0 Å². The van der Waals surface area contributed by atoms with Crippen molar-refractivity contribution in [2.45, 2.75) is 12.8 Å². The highest BCUT2D eigenvalue weighted by Crippen LogP contribution is 2.48. The number of ether oxygens (including phenoxy) is 1. The minimum atomic E-state index is -0.399. The molecule has 0 aromatic heterocycles. The van der Waals surface area contributed by atoms with E-state index in [2.05, 4.69) is 6.58 Å². The van der Waals surface area contributed by atoms with Gasteiger partial charge in [-0.25, -0.2) is 0 Å². The molecule has 1 fully saturated rings. The van der Waals surface area contributed by atoms with Crippen LogP contribution in [0.3, 0.4) is 0 Å². The van der Waals surface area contributed by atoms with Gasteiger partial charge in [0.1, 0.15) is 0 Å². The molecule has 0 unspecified atom stereocenters. The predicted molar refractivity (Wildman–Crippen MR) is 63.4 cm³/mol. The van der Waals surface area contributed by atoms with Gasteiger partial charge in [-0.15, -0.1) is 0 Å².